The molecule has 0 aromatic rings. The number of ether oxygens (including phenoxy) is 2. The van der Waals surface area contributed by atoms with E-state index in [1.807, 2.05) is 0 Å². The lowest BCUT2D eigenvalue weighted by molar-refractivity contribution is -0.454. The fourth-order valence-electron chi connectivity index (χ4n) is 2.05. The zero-order valence-electron chi connectivity index (χ0n) is 19.0. The number of hydrogen-bond donors (Lipinski definition) is 0. The molecule has 0 unspecified atom stereocenters. The van der Waals surface area contributed by atoms with Gasteiger partial charge in [-0.25, -0.2) is 4.79 Å². The fraction of sp³-hybridized carbons (Fsp3) is 0.688. The van der Waals surface area contributed by atoms with E-state index in [4.69, 9.17) is 0 Å². The molecule has 0 heterocycles. The highest BCUT2D eigenvalue weighted by atomic mass is 19.4. The summed E-state index contributed by atoms with van der Waals surface area (Å²) in [6.07, 6.45) is -23.8. The van der Waals surface area contributed by atoms with Crippen molar-refractivity contribution in [1.29, 1.82) is 0 Å². The van der Waals surface area contributed by atoms with Gasteiger partial charge < -0.3 is 9.47 Å². The molecular weight excluding hydrogens is 715 g/mol. The van der Waals surface area contributed by atoms with Gasteiger partial charge in [0.1, 0.15) is 0 Å². The van der Waals surface area contributed by atoms with Gasteiger partial charge in [-0.1, -0.05) is 6.58 Å². The molecule has 0 aromatic heterocycles. The Bertz CT molecular complexity index is 1130. The first kappa shape index (κ1) is 41.0. The fourth-order valence-corrected chi connectivity index (χ4v) is 2.05. The van der Waals surface area contributed by atoms with Gasteiger partial charge in [-0.15, -0.1) is 0 Å². The maximum absolute atomic E-state index is 13.5. The van der Waals surface area contributed by atoms with Crippen LogP contribution >= 0.6 is 0 Å². The third-order valence-corrected chi connectivity index (χ3v) is 4.51. The molecule has 0 amide bonds. The Morgan fingerprint density at radius 3 is 1.07 bits per heavy atom. The number of alkyl halides is 23. The summed E-state index contributed by atoms with van der Waals surface area (Å²) in [7, 11) is 0. The van der Waals surface area contributed by atoms with E-state index >= 15 is 0 Å². The number of allylic oxidation sites excluding steroid dienone is 1. The number of esters is 1. The van der Waals surface area contributed by atoms with Crippen LogP contribution in [0.4, 0.5) is 110 Å². The van der Waals surface area contributed by atoms with Crippen molar-refractivity contribution in [2.24, 2.45) is 0 Å². The summed E-state index contributed by atoms with van der Waals surface area (Å²) < 4.78 is 332. The minimum absolute atomic E-state index is 0.532. The summed E-state index contributed by atoms with van der Waals surface area (Å²) in [4.78, 5) is 10.5. The van der Waals surface area contributed by atoms with Gasteiger partial charge in [-0.3, -0.25) is 0 Å². The van der Waals surface area contributed by atoms with Crippen LogP contribution in [0.25, 0.3) is 0 Å². The molecule has 0 fully saturated rings. The Labute approximate surface area is 221 Å². The Morgan fingerprint density at radius 2 is 0.750 bits per heavy atom. The molecule has 0 bridgehead atoms. The van der Waals surface area contributed by atoms with Crippen LogP contribution in [-0.2, 0) is 14.3 Å². The highest BCUT2D eigenvalue weighted by Crippen LogP contribution is 2.63. The predicted molar refractivity (Wildman–Crippen MR) is 82.1 cm³/mol. The first-order chi connectivity index (χ1) is 18.7. The quantitative estimate of drug-likeness (QED) is 0.0829. The van der Waals surface area contributed by atoms with Gasteiger partial charge in [0.05, 0.1) is 0 Å². The van der Waals surface area contributed by atoms with E-state index in [0.29, 0.717) is 0 Å². The van der Waals surface area contributed by atoms with Crippen molar-refractivity contribution >= 4 is 5.97 Å². The number of carbonyl (C=O) groups excluding carboxylic acids is 1. The highest BCUT2D eigenvalue weighted by molar-refractivity contribution is 5.81. The number of hydrogen-bond acceptors (Lipinski definition) is 3. The first-order valence-electron chi connectivity index (χ1n) is 9.19. The van der Waals surface area contributed by atoms with Crippen LogP contribution in [0.1, 0.15) is 0 Å². The SMILES string of the molecule is C=CC(=O)OC(F)(F)C(F)(F)C(F)(F)C(F)(F)OC(F)=C(F)C(F)(F)C(F)(F)C(F)(F)C(F)(F)C(F)(F)C(F)(F)C(F)(F)F. The minimum atomic E-state index is -9.17. The van der Waals surface area contributed by atoms with Crippen LogP contribution < -0.4 is 0 Å². The first-order valence-corrected chi connectivity index (χ1v) is 9.19. The molecule has 44 heavy (non-hydrogen) atoms. The normalized spacial score (nSPS) is 16.4. The van der Waals surface area contributed by atoms with E-state index in [1.54, 1.807) is 0 Å². The van der Waals surface area contributed by atoms with Crippen molar-refractivity contribution in [3.05, 3.63) is 24.5 Å². The average Bonchev–Trinajstić information content (AvgIpc) is 2.80. The molecule has 0 radical (unpaired) electrons. The van der Waals surface area contributed by atoms with Crippen LogP contribution in [-0.4, -0.2) is 71.7 Å². The lowest BCUT2D eigenvalue weighted by Gasteiger charge is -2.41. The van der Waals surface area contributed by atoms with E-state index in [0.717, 1.165) is 0 Å². The summed E-state index contributed by atoms with van der Waals surface area (Å²) >= 11 is 0. The van der Waals surface area contributed by atoms with E-state index in [2.05, 4.69) is 11.3 Å². The molecule has 0 atom stereocenters. The third-order valence-electron chi connectivity index (χ3n) is 4.51. The van der Waals surface area contributed by atoms with Gasteiger partial charge in [-0.2, -0.15) is 110 Å². The second-order valence-corrected chi connectivity index (χ2v) is 7.44. The van der Waals surface area contributed by atoms with Crippen molar-refractivity contribution < 1.29 is 124 Å². The monoisotopic (exact) mass is 718 g/mol. The molecule has 0 saturated heterocycles. The van der Waals surface area contributed by atoms with E-state index < -0.39 is 89.7 Å². The molecule has 0 aromatic carbocycles. The molecule has 0 aliphatic rings. The number of rotatable bonds is 13. The average molecular weight is 718 g/mol. The zero-order valence-corrected chi connectivity index (χ0v) is 19.0. The van der Waals surface area contributed by atoms with Crippen LogP contribution in [0.5, 0.6) is 0 Å². The topological polar surface area (TPSA) is 35.5 Å². The van der Waals surface area contributed by atoms with Crippen molar-refractivity contribution in [2.75, 3.05) is 0 Å². The van der Waals surface area contributed by atoms with Gasteiger partial charge in [0.25, 0.3) is 0 Å². The molecule has 28 heteroatoms. The lowest BCUT2D eigenvalue weighted by Crippen LogP contribution is -2.72. The van der Waals surface area contributed by atoms with Crippen molar-refractivity contribution in [3.8, 4) is 0 Å². The van der Waals surface area contributed by atoms with Gasteiger partial charge in [0, 0.05) is 6.08 Å². The Balaban J connectivity index is 6.97. The largest absolute Gasteiger partial charge is 0.473 e. The van der Waals surface area contributed by atoms with Crippen LogP contribution in [0.3, 0.4) is 0 Å². The molecular formula is C16H3F25O3. The van der Waals surface area contributed by atoms with E-state index in [-0.39, 0.29) is 0 Å². The Morgan fingerprint density at radius 1 is 0.455 bits per heavy atom. The number of halogens is 25. The van der Waals surface area contributed by atoms with E-state index in [1.165, 1.54) is 4.74 Å². The van der Waals surface area contributed by atoms with Crippen LogP contribution in [0.15, 0.2) is 24.5 Å². The molecule has 0 spiro atoms. The smallest absolute Gasteiger partial charge is 0.399 e. The second kappa shape index (κ2) is 10.8. The standard InChI is InChI=1S/C16H3F25O3/c1-2-3(42)43-15(38,39)12(31,32)13(33,34)16(40,41)44-5(18)4(17)6(19,20)7(21,22)8(23,24)9(25,26)10(27,28)11(29,30)14(35,36)37/h2H,1H2. The molecule has 3 nitrogen and oxygen atoms in total. The van der Waals surface area contributed by atoms with Crippen molar-refractivity contribution in [2.45, 2.75) is 65.8 Å². The summed E-state index contributed by atoms with van der Waals surface area (Å²) in [6, 6.07) is -5.34. The molecule has 0 N–H and O–H groups in total. The van der Waals surface area contributed by atoms with Crippen molar-refractivity contribution in [3.63, 3.8) is 0 Å². The van der Waals surface area contributed by atoms with E-state index in [9.17, 15) is 115 Å². The summed E-state index contributed by atoms with van der Waals surface area (Å²) in [5.41, 5.74) is 0. The van der Waals surface area contributed by atoms with Crippen molar-refractivity contribution in [1.82, 2.24) is 0 Å². The summed E-state index contributed by atoms with van der Waals surface area (Å²) in [5.74, 6) is -78.0. The Kier molecular flexibility index (Phi) is 10.1. The molecule has 0 rings (SSSR count). The van der Waals surface area contributed by atoms with Gasteiger partial charge >= 0.3 is 77.8 Å². The molecule has 0 aliphatic heterocycles. The maximum atomic E-state index is 13.5. The highest BCUT2D eigenvalue weighted by Gasteiger charge is 2.94. The van der Waals surface area contributed by atoms with Gasteiger partial charge in [0.15, 0.2) is 0 Å². The zero-order chi connectivity index (χ0) is 36.4. The lowest BCUT2D eigenvalue weighted by atomic mass is 9.91. The Hall–Kier alpha value is -3.00. The van der Waals surface area contributed by atoms with Crippen LogP contribution in [0.2, 0.25) is 0 Å². The second-order valence-electron chi connectivity index (χ2n) is 7.44. The minimum Gasteiger partial charge on any atom is -0.399 e. The molecule has 0 saturated carbocycles. The molecule has 0 aliphatic carbocycles. The predicted octanol–water partition coefficient (Wildman–Crippen LogP) is 8.67. The maximum Gasteiger partial charge on any atom is 0.473 e. The van der Waals surface area contributed by atoms with Crippen LogP contribution in [0, 0.1) is 0 Å². The van der Waals surface area contributed by atoms with Gasteiger partial charge in [-0.05, 0) is 0 Å². The summed E-state index contributed by atoms with van der Waals surface area (Å²) in [5, 5.41) is 0. The molecule has 260 valence electrons. The third kappa shape index (κ3) is 5.63. The van der Waals surface area contributed by atoms with Gasteiger partial charge in [0.2, 0.25) is 5.83 Å². The number of carbonyl (C=O) groups is 1. The summed E-state index contributed by atoms with van der Waals surface area (Å²) in [6.45, 7) is 2.24.